The summed E-state index contributed by atoms with van der Waals surface area (Å²) in [7, 11) is 1.92. The summed E-state index contributed by atoms with van der Waals surface area (Å²) in [6.45, 7) is 0.400. The Morgan fingerprint density at radius 1 is 1.35 bits per heavy atom. The molecule has 17 heavy (non-hydrogen) atoms. The van der Waals surface area contributed by atoms with E-state index in [1.807, 2.05) is 11.6 Å². The molecule has 0 spiro atoms. The number of thioether (sulfide) groups is 1. The summed E-state index contributed by atoms with van der Waals surface area (Å²) in [5, 5.41) is 19.3. The third kappa shape index (κ3) is 3.00. The third-order valence-electron chi connectivity index (χ3n) is 3.28. The van der Waals surface area contributed by atoms with Gasteiger partial charge in [-0.2, -0.15) is 0 Å². The summed E-state index contributed by atoms with van der Waals surface area (Å²) >= 11 is 1.63. The number of hydrogen-bond donors (Lipinski definition) is 2. The van der Waals surface area contributed by atoms with Crippen molar-refractivity contribution in [3.05, 3.63) is 5.82 Å². The molecule has 6 heteroatoms. The van der Waals surface area contributed by atoms with Crippen molar-refractivity contribution in [2.45, 2.75) is 55.2 Å². The minimum absolute atomic E-state index is 0.222. The average Bonchev–Trinajstić information content (AvgIpc) is 2.54. The monoisotopic (exact) mass is 256 g/mol. The first kappa shape index (κ1) is 12.9. The number of aromatic nitrogens is 3. The lowest BCUT2D eigenvalue weighted by atomic mass is 10.1. The fourth-order valence-electron chi connectivity index (χ4n) is 2.15. The van der Waals surface area contributed by atoms with E-state index in [0.29, 0.717) is 6.54 Å². The Kier molecular flexibility index (Phi) is 4.42. The minimum Gasteiger partial charge on any atom is -0.392 e. The summed E-state index contributed by atoms with van der Waals surface area (Å²) in [4.78, 5) is 0. The molecule has 1 fully saturated rings. The normalized spacial score (nSPS) is 25.8. The van der Waals surface area contributed by atoms with Crippen LogP contribution in [0, 0.1) is 0 Å². The van der Waals surface area contributed by atoms with E-state index in [0.717, 1.165) is 30.2 Å². The van der Waals surface area contributed by atoms with E-state index in [-0.39, 0.29) is 11.4 Å². The lowest BCUT2D eigenvalue weighted by molar-refractivity contribution is 0.163. The van der Waals surface area contributed by atoms with Crippen molar-refractivity contribution in [2.24, 2.45) is 12.8 Å². The van der Waals surface area contributed by atoms with Gasteiger partial charge in [-0.25, -0.2) is 0 Å². The van der Waals surface area contributed by atoms with Gasteiger partial charge in [0.2, 0.25) is 0 Å². The predicted molar refractivity (Wildman–Crippen MR) is 67.6 cm³/mol. The van der Waals surface area contributed by atoms with Crippen LogP contribution in [0.5, 0.6) is 0 Å². The van der Waals surface area contributed by atoms with E-state index in [2.05, 4.69) is 10.2 Å². The lowest BCUT2D eigenvalue weighted by Gasteiger charge is -2.18. The SMILES string of the molecule is Cn1c(CN)nnc1SC1CCCCCC1O. The second kappa shape index (κ2) is 5.84. The molecule has 2 atom stereocenters. The molecule has 2 unspecified atom stereocenters. The van der Waals surface area contributed by atoms with Gasteiger partial charge in [-0.3, -0.25) is 0 Å². The van der Waals surface area contributed by atoms with Gasteiger partial charge in [0, 0.05) is 12.3 Å². The van der Waals surface area contributed by atoms with Crippen LogP contribution in [0.25, 0.3) is 0 Å². The highest BCUT2D eigenvalue weighted by Gasteiger charge is 2.24. The lowest BCUT2D eigenvalue weighted by Crippen LogP contribution is -2.21. The van der Waals surface area contributed by atoms with Crippen molar-refractivity contribution in [2.75, 3.05) is 0 Å². The number of aliphatic hydroxyl groups is 1. The maximum Gasteiger partial charge on any atom is 0.191 e. The summed E-state index contributed by atoms with van der Waals surface area (Å²) < 4.78 is 1.92. The Labute approximate surface area is 106 Å². The van der Waals surface area contributed by atoms with Crippen LogP contribution in [0.4, 0.5) is 0 Å². The summed E-state index contributed by atoms with van der Waals surface area (Å²) in [5.41, 5.74) is 5.57. The molecule has 96 valence electrons. The van der Waals surface area contributed by atoms with Gasteiger partial charge in [0.05, 0.1) is 12.6 Å². The van der Waals surface area contributed by atoms with Gasteiger partial charge in [0.15, 0.2) is 5.16 Å². The Morgan fingerprint density at radius 2 is 2.12 bits per heavy atom. The van der Waals surface area contributed by atoms with Crippen molar-refractivity contribution in [3.8, 4) is 0 Å². The zero-order valence-electron chi connectivity index (χ0n) is 10.2. The minimum atomic E-state index is -0.222. The van der Waals surface area contributed by atoms with Gasteiger partial charge in [0.25, 0.3) is 0 Å². The standard InChI is InChI=1S/C11H20N4OS/c1-15-10(7-12)13-14-11(15)17-9-6-4-2-3-5-8(9)16/h8-9,16H,2-7,12H2,1H3. The smallest absolute Gasteiger partial charge is 0.191 e. The molecule has 1 aliphatic carbocycles. The maximum absolute atomic E-state index is 10.1. The zero-order chi connectivity index (χ0) is 12.3. The second-order valence-electron chi connectivity index (χ2n) is 4.52. The summed E-state index contributed by atoms with van der Waals surface area (Å²) in [5.74, 6) is 0.788. The van der Waals surface area contributed by atoms with Gasteiger partial charge < -0.3 is 15.4 Å². The van der Waals surface area contributed by atoms with Crippen LogP contribution in [-0.4, -0.2) is 31.2 Å². The van der Waals surface area contributed by atoms with Crippen molar-refractivity contribution in [3.63, 3.8) is 0 Å². The van der Waals surface area contributed by atoms with Crippen molar-refractivity contribution >= 4 is 11.8 Å². The fourth-order valence-corrected chi connectivity index (χ4v) is 3.35. The summed E-state index contributed by atoms with van der Waals surface area (Å²) in [6, 6.07) is 0. The van der Waals surface area contributed by atoms with Gasteiger partial charge in [-0.05, 0) is 12.8 Å². The molecular weight excluding hydrogens is 236 g/mol. The first-order chi connectivity index (χ1) is 8.22. The van der Waals surface area contributed by atoms with Crippen molar-refractivity contribution in [1.29, 1.82) is 0 Å². The van der Waals surface area contributed by atoms with Crippen LogP contribution < -0.4 is 5.73 Å². The number of hydrogen-bond acceptors (Lipinski definition) is 5. The number of aliphatic hydroxyl groups excluding tert-OH is 1. The number of nitrogens with two attached hydrogens (primary N) is 1. The van der Waals surface area contributed by atoms with Gasteiger partial charge in [-0.1, -0.05) is 31.0 Å². The Bertz CT molecular complexity index is 368. The molecule has 0 saturated heterocycles. The van der Waals surface area contributed by atoms with E-state index in [9.17, 15) is 5.11 Å². The van der Waals surface area contributed by atoms with E-state index < -0.39 is 0 Å². The molecule has 0 aliphatic heterocycles. The first-order valence-corrected chi connectivity index (χ1v) is 7.03. The Hall–Kier alpha value is -0.590. The molecule has 1 aromatic rings. The number of rotatable bonds is 3. The van der Waals surface area contributed by atoms with E-state index in [1.54, 1.807) is 11.8 Å². The topological polar surface area (TPSA) is 77.0 Å². The molecule has 5 nitrogen and oxygen atoms in total. The predicted octanol–water partition coefficient (Wildman–Crippen LogP) is 1.06. The molecule has 1 aromatic heterocycles. The highest BCUT2D eigenvalue weighted by molar-refractivity contribution is 7.99. The quantitative estimate of drug-likeness (QED) is 0.791. The molecule has 0 amide bonds. The van der Waals surface area contributed by atoms with Crippen LogP contribution in [0.2, 0.25) is 0 Å². The molecule has 0 radical (unpaired) electrons. The van der Waals surface area contributed by atoms with Crippen molar-refractivity contribution in [1.82, 2.24) is 14.8 Å². The first-order valence-electron chi connectivity index (χ1n) is 6.15. The molecule has 0 aromatic carbocycles. The highest BCUT2D eigenvalue weighted by Crippen LogP contribution is 2.32. The second-order valence-corrected chi connectivity index (χ2v) is 5.73. The van der Waals surface area contributed by atoms with Crippen LogP contribution in [0.3, 0.4) is 0 Å². The van der Waals surface area contributed by atoms with Crippen LogP contribution in [0.15, 0.2) is 5.16 Å². The average molecular weight is 256 g/mol. The molecule has 1 saturated carbocycles. The molecule has 1 heterocycles. The summed E-state index contributed by atoms with van der Waals surface area (Å²) in [6.07, 6.45) is 5.28. The fraction of sp³-hybridized carbons (Fsp3) is 0.818. The molecule has 1 aliphatic rings. The van der Waals surface area contributed by atoms with Crippen LogP contribution >= 0.6 is 11.8 Å². The molecular formula is C11H20N4OS. The third-order valence-corrected chi connectivity index (χ3v) is 4.70. The highest BCUT2D eigenvalue weighted by atomic mass is 32.2. The zero-order valence-corrected chi connectivity index (χ0v) is 11.0. The van der Waals surface area contributed by atoms with Crippen LogP contribution in [-0.2, 0) is 13.6 Å². The van der Waals surface area contributed by atoms with E-state index >= 15 is 0 Å². The number of nitrogens with zero attached hydrogens (tertiary/aromatic N) is 3. The van der Waals surface area contributed by atoms with Gasteiger partial charge >= 0.3 is 0 Å². The maximum atomic E-state index is 10.1. The van der Waals surface area contributed by atoms with Crippen LogP contribution in [0.1, 0.15) is 37.9 Å². The van der Waals surface area contributed by atoms with Gasteiger partial charge in [0.1, 0.15) is 5.82 Å². The molecule has 3 N–H and O–H groups in total. The van der Waals surface area contributed by atoms with E-state index in [1.165, 1.54) is 12.8 Å². The van der Waals surface area contributed by atoms with E-state index in [4.69, 9.17) is 5.73 Å². The Morgan fingerprint density at radius 3 is 2.82 bits per heavy atom. The van der Waals surface area contributed by atoms with Gasteiger partial charge in [-0.15, -0.1) is 10.2 Å². The van der Waals surface area contributed by atoms with Crippen molar-refractivity contribution < 1.29 is 5.11 Å². The molecule has 0 bridgehead atoms. The largest absolute Gasteiger partial charge is 0.392 e. The molecule has 2 rings (SSSR count). The Balaban J connectivity index is 2.05.